The molecule has 0 atom stereocenters. The van der Waals surface area contributed by atoms with Gasteiger partial charge in [0, 0.05) is 16.8 Å². The second-order valence-corrected chi connectivity index (χ2v) is 8.58. The number of hydrogen-bond acceptors (Lipinski definition) is 5. The minimum Gasteiger partial charge on any atom is -0.461 e. The Morgan fingerprint density at radius 3 is 2.56 bits per heavy atom. The first-order valence-corrected chi connectivity index (χ1v) is 10.4. The highest BCUT2D eigenvalue weighted by atomic mass is 32.2. The third-order valence-corrected chi connectivity index (χ3v) is 5.39. The zero-order valence-corrected chi connectivity index (χ0v) is 16.1. The number of ether oxygens (including phenoxy) is 1. The van der Waals surface area contributed by atoms with Gasteiger partial charge in [-0.1, -0.05) is 24.1 Å². The van der Waals surface area contributed by atoms with Gasteiger partial charge in [0.2, 0.25) is 10.0 Å². The lowest BCUT2D eigenvalue weighted by Gasteiger charge is -2.08. The third kappa shape index (κ3) is 3.83. The van der Waals surface area contributed by atoms with Crippen LogP contribution in [-0.4, -0.2) is 42.7 Å². The van der Waals surface area contributed by atoms with E-state index < -0.39 is 21.9 Å². The fraction of sp³-hybridized carbons (Fsp3) is 0.368. The van der Waals surface area contributed by atoms with E-state index in [-0.39, 0.29) is 23.4 Å². The Bertz CT molecular complexity index is 1100. The quantitative estimate of drug-likeness (QED) is 0.635. The van der Waals surface area contributed by atoms with Gasteiger partial charge < -0.3 is 10.1 Å². The predicted molar refractivity (Wildman–Crippen MR) is 101 cm³/mol. The molecule has 142 valence electrons. The minimum absolute atomic E-state index is 0.0792. The number of esters is 1. The highest BCUT2D eigenvalue weighted by Gasteiger charge is 2.38. The summed E-state index contributed by atoms with van der Waals surface area (Å²) in [5.41, 5.74) is 0.0437. The van der Waals surface area contributed by atoms with Gasteiger partial charge in [0.1, 0.15) is 0 Å². The summed E-state index contributed by atoms with van der Waals surface area (Å²) in [7, 11) is -3.81. The van der Waals surface area contributed by atoms with E-state index in [1.807, 2.05) is 6.92 Å². The molecule has 2 aromatic rings. The lowest BCUT2D eigenvalue weighted by molar-refractivity contribution is -0.116. The van der Waals surface area contributed by atoms with Gasteiger partial charge in [-0.15, -0.1) is 0 Å². The van der Waals surface area contributed by atoms with Crippen LogP contribution < -0.4 is 5.32 Å². The molecule has 1 aromatic heterocycles. The molecule has 0 saturated heterocycles. The van der Waals surface area contributed by atoms with Crippen LogP contribution in [0.1, 0.15) is 42.7 Å². The molecule has 1 N–H and O–H groups in total. The van der Waals surface area contributed by atoms with Crippen LogP contribution in [0.15, 0.2) is 24.3 Å². The molecule has 1 amide bonds. The maximum atomic E-state index is 12.5. The third-order valence-electron chi connectivity index (χ3n) is 4.35. The number of carbonyl (C=O) groups is 2. The van der Waals surface area contributed by atoms with Gasteiger partial charge in [0.15, 0.2) is 5.69 Å². The average molecular weight is 388 g/mol. The summed E-state index contributed by atoms with van der Waals surface area (Å²) in [6, 6.07) is 6.61. The van der Waals surface area contributed by atoms with E-state index in [0.29, 0.717) is 10.9 Å². The Kier molecular flexibility index (Phi) is 4.74. The molecule has 1 aliphatic carbocycles. The molecule has 27 heavy (non-hydrogen) atoms. The topological polar surface area (TPSA) is 94.5 Å². The van der Waals surface area contributed by atoms with Crippen LogP contribution in [0.4, 0.5) is 0 Å². The van der Waals surface area contributed by atoms with Crippen LogP contribution >= 0.6 is 0 Å². The Morgan fingerprint density at radius 2 is 1.96 bits per heavy atom. The fourth-order valence-electron chi connectivity index (χ4n) is 2.80. The Hall–Kier alpha value is -2.79. The summed E-state index contributed by atoms with van der Waals surface area (Å²) >= 11 is 0. The molecule has 0 unspecified atom stereocenters. The van der Waals surface area contributed by atoms with Crippen LogP contribution in [0, 0.1) is 11.8 Å². The van der Waals surface area contributed by atoms with Gasteiger partial charge in [-0.2, -0.15) is 0 Å². The average Bonchev–Trinajstić information content (AvgIpc) is 3.19. The van der Waals surface area contributed by atoms with Crippen molar-refractivity contribution in [2.24, 2.45) is 0 Å². The lowest BCUT2D eigenvalue weighted by Crippen LogP contribution is -2.33. The molecule has 0 aliphatic heterocycles. The number of nitrogens with one attached hydrogen (secondary N) is 1. The second-order valence-electron chi connectivity index (χ2n) is 6.75. The smallest absolute Gasteiger partial charge is 0.357 e. The normalized spacial score (nSPS) is 14.9. The van der Waals surface area contributed by atoms with E-state index in [1.54, 1.807) is 31.2 Å². The Balaban J connectivity index is 2.20. The summed E-state index contributed by atoms with van der Waals surface area (Å²) in [6.07, 6.45) is 2.78. The molecule has 1 fully saturated rings. The SMILES string of the molecule is CCOC(=O)c1c(C#CC(=O)NC2(C)CC2)c2ccccc2n1S(C)(=O)=O. The van der Waals surface area contributed by atoms with Crippen molar-refractivity contribution in [2.45, 2.75) is 32.2 Å². The molecule has 1 aromatic carbocycles. The van der Waals surface area contributed by atoms with Crippen molar-refractivity contribution in [3.05, 3.63) is 35.5 Å². The maximum absolute atomic E-state index is 12.5. The van der Waals surface area contributed by atoms with Crippen molar-refractivity contribution in [1.29, 1.82) is 0 Å². The number of carbonyl (C=O) groups excluding carboxylic acids is 2. The number of benzene rings is 1. The van der Waals surface area contributed by atoms with E-state index in [2.05, 4.69) is 17.2 Å². The highest BCUT2D eigenvalue weighted by Crippen LogP contribution is 2.34. The number of aromatic nitrogens is 1. The molecule has 1 heterocycles. The number of rotatable bonds is 4. The van der Waals surface area contributed by atoms with Crippen LogP contribution in [0.3, 0.4) is 0 Å². The van der Waals surface area contributed by atoms with Gasteiger partial charge >= 0.3 is 5.97 Å². The standard InChI is InChI=1S/C19H20N2O5S/c1-4-26-18(23)17-14(9-10-16(22)20-19(2)11-12-19)13-7-5-6-8-15(13)21(17)27(3,24)25/h5-8H,4,11-12H2,1-3H3,(H,20,22). The molecule has 8 heteroatoms. The molecule has 0 radical (unpaired) electrons. The summed E-state index contributed by atoms with van der Waals surface area (Å²) in [5.74, 6) is 3.89. The number of para-hydroxylation sites is 1. The van der Waals surface area contributed by atoms with Crippen LogP contribution in [0.2, 0.25) is 0 Å². The van der Waals surface area contributed by atoms with Crippen molar-refractivity contribution >= 4 is 32.8 Å². The Morgan fingerprint density at radius 1 is 1.30 bits per heavy atom. The van der Waals surface area contributed by atoms with Gasteiger partial charge in [-0.25, -0.2) is 17.2 Å². The second kappa shape index (κ2) is 6.74. The molecule has 1 aliphatic rings. The molecule has 7 nitrogen and oxygen atoms in total. The van der Waals surface area contributed by atoms with Crippen LogP contribution in [-0.2, 0) is 19.6 Å². The summed E-state index contributed by atoms with van der Waals surface area (Å²) in [4.78, 5) is 24.6. The zero-order valence-electron chi connectivity index (χ0n) is 15.3. The van der Waals surface area contributed by atoms with Gasteiger partial charge in [0.25, 0.3) is 5.91 Å². The number of fused-ring (bicyclic) bond motifs is 1. The van der Waals surface area contributed by atoms with E-state index >= 15 is 0 Å². The number of amides is 1. The first-order valence-electron chi connectivity index (χ1n) is 8.51. The van der Waals surface area contributed by atoms with E-state index in [4.69, 9.17) is 4.74 Å². The first kappa shape index (κ1) is 19.0. The van der Waals surface area contributed by atoms with E-state index in [9.17, 15) is 18.0 Å². The maximum Gasteiger partial charge on any atom is 0.357 e. The van der Waals surface area contributed by atoms with Crippen LogP contribution in [0.25, 0.3) is 10.9 Å². The fourth-order valence-corrected chi connectivity index (χ4v) is 3.82. The van der Waals surface area contributed by atoms with Gasteiger partial charge in [-0.3, -0.25) is 4.79 Å². The van der Waals surface area contributed by atoms with Crippen molar-refractivity contribution < 1.29 is 22.7 Å². The molecular weight excluding hydrogens is 368 g/mol. The summed E-state index contributed by atoms with van der Waals surface area (Å²) in [5, 5.41) is 3.27. The molecule has 0 bridgehead atoms. The number of nitrogens with zero attached hydrogens (tertiary/aromatic N) is 1. The molecule has 3 rings (SSSR count). The number of hydrogen-bond donors (Lipinski definition) is 1. The minimum atomic E-state index is -3.81. The van der Waals surface area contributed by atoms with Crippen LogP contribution in [0.5, 0.6) is 0 Å². The van der Waals surface area contributed by atoms with Crippen molar-refractivity contribution in [2.75, 3.05) is 12.9 Å². The van der Waals surface area contributed by atoms with Gasteiger partial charge in [0.05, 0.1) is 23.9 Å². The largest absolute Gasteiger partial charge is 0.461 e. The van der Waals surface area contributed by atoms with Gasteiger partial charge in [-0.05, 0) is 32.8 Å². The van der Waals surface area contributed by atoms with Crippen molar-refractivity contribution in [3.63, 3.8) is 0 Å². The summed E-state index contributed by atoms with van der Waals surface area (Å²) < 4.78 is 30.7. The van der Waals surface area contributed by atoms with E-state index in [1.165, 1.54) is 0 Å². The zero-order chi connectivity index (χ0) is 19.8. The Labute approximate surface area is 157 Å². The summed E-state index contributed by atoms with van der Waals surface area (Å²) in [6.45, 7) is 3.63. The molecule has 0 spiro atoms. The first-order chi connectivity index (χ1) is 12.7. The lowest BCUT2D eigenvalue weighted by atomic mass is 10.1. The highest BCUT2D eigenvalue weighted by molar-refractivity contribution is 7.89. The van der Waals surface area contributed by atoms with E-state index in [0.717, 1.165) is 23.1 Å². The van der Waals surface area contributed by atoms with Crippen molar-refractivity contribution in [3.8, 4) is 11.8 Å². The molecule has 1 saturated carbocycles. The monoisotopic (exact) mass is 388 g/mol. The predicted octanol–water partition coefficient (Wildman–Crippen LogP) is 1.65. The van der Waals surface area contributed by atoms with Crippen molar-refractivity contribution in [1.82, 2.24) is 9.29 Å². The molecular formula is C19H20N2O5S.